The first-order chi connectivity index (χ1) is 12.1. The zero-order valence-corrected chi connectivity index (χ0v) is 14.8. The maximum absolute atomic E-state index is 12.5. The minimum absolute atomic E-state index is 0.0285. The summed E-state index contributed by atoms with van der Waals surface area (Å²) in [5.41, 5.74) is 2.27. The molecule has 2 aromatic carbocycles. The molecule has 0 spiro atoms. The Morgan fingerprint density at radius 2 is 1.80 bits per heavy atom. The lowest BCUT2D eigenvalue weighted by molar-refractivity contribution is -0.133. The Bertz CT molecular complexity index is 703. The highest BCUT2D eigenvalue weighted by atomic mass is 16.5. The van der Waals surface area contributed by atoms with Crippen LogP contribution in [-0.2, 0) is 11.3 Å². The van der Waals surface area contributed by atoms with Gasteiger partial charge in [0.1, 0.15) is 5.75 Å². The van der Waals surface area contributed by atoms with Gasteiger partial charge in [0, 0.05) is 13.1 Å². The second kappa shape index (κ2) is 9.48. The third-order valence-electron chi connectivity index (χ3n) is 3.97. The molecule has 0 saturated heterocycles. The average molecular weight is 336 g/mol. The van der Waals surface area contributed by atoms with Crippen LogP contribution in [0.3, 0.4) is 0 Å². The zero-order valence-electron chi connectivity index (χ0n) is 14.8. The van der Waals surface area contributed by atoms with Crippen molar-refractivity contribution in [2.75, 3.05) is 13.2 Å². The number of carbonyl (C=O) groups is 1. The van der Waals surface area contributed by atoms with E-state index in [4.69, 9.17) is 10.00 Å². The van der Waals surface area contributed by atoms with Gasteiger partial charge in [0.05, 0.1) is 12.5 Å². The predicted octanol–water partition coefficient (Wildman–Crippen LogP) is 4.13. The second-order valence-corrected chi connectivity index (χ2v) is 6.22. The fourth-order valence-electron chi connectivity index (χ4n) is 2.47. The van der Waals surface area contributed by atoms with Crippen LogP contribution in [0.4, 0.5) is 0 Å². The number of benzene rings is 2. The van der Waals surface area contributed by atoms with Crippen molar-refractivity contribution >= 4 is 5.91 Å². The van der Waals surface area contributed by atoms with Crippen molar-refractivity contribution in [3.05, 3.63) is 65.7 Å². The van der Waals surface area contributed by atoms with Gasteiger partial charge < -0.3 is 9.64 Å². The van der Waals surface area contributed by atoms with E-state index < -0.39 is 0 Å². The van der Waals surface area contributed by atoms with E-state index in [1.807, 2.05) is 54.6 Å². The Kier molecular flexibility index (Phi) is 7.03. The average Bonchev–Trinajstić information content (AvgIpc) is 2.64. The summed E-state index contributed by atoms with van der Waals surface area (Å²) in [5.74, 6) is 1.02. The molecule has 0 unspecified atom stereocenters. The van der Waals surface area contributed by atoms with E-state index >= 15 is 0 Å². The number of rotatable bonds is 8. The number of amides is 1. The van der Waals surface area contributed by atoms with Gasteiger partial charge in [-0.2, -0.15) is 5.26 Å². The molecule has 0 aliphatic rings. The molecule has 0 aliphatic heterocycles. The summed E-state index contributed by atoms with van der Waals surface area (Å²) < 4.78 is 5.63. The molecule has 0 heterocycles. The highest BCUT2D eigenvalue weighted by molar-refractivity contribution is 5.77. The molecular formula is C21H24N2O2. The van der Waals surface area contributed by atoms with Crippen LogP contribution in [0, 0.1) is 11.3 Å². The molecule has 0 fully saturated rings. The lowest BCUT2D eigenvalue weighted by Crippen LogP contribution is -2.35. The number of carbonyl (C=O) groups excluding carboxylic acids is 1. The van der Waals surface area contributed by atoms with Gasteiger partial charge in [0.25, 0.3) is 5.91 Å². The van der Waals surface area contributed by atoms with Crippen molar-refractivity contribution in [1.29, 1.82) is 5.26 Å². The van der Waals surface area contributed by atoms with E-state index in [1.165, 1.54) is 5.56 Å². The number of nitrogens with zero attached hydrogens (tertiary/aromatic N) is 2. The van der Waals surface area contributed by atoms with Gasteiger partial charge in [-0.1, -0.05) is 56.3 Å². The molecular weight excluding hydrogens is 312 g/mol. The van der Waals surface area contributed by atoms with Crippen molar-refractivity contribution in [2.24, 2.45) is 0 Å². The number of nitriles is 1. The van der Waals surface area contributed by atoms with Gasteiger partial charge in [0.15, 0.2) is 6.61 Å². The second-order valence-electron chi connectivity index (χ2n) is 6.22. The van der Waals surface area contributed by atoms with Gasteiger partial charge in [-0.15, -0.1) is 0 Å². The summed E-state index contributed by atoms with van der Waals surface area (Å²) in [6.45, 7) is 5.13. The minimum atomic E-state index is -0.118. The summed E-state index contributed by atoms with van der Waals surface area (Å²) in [5, 5.41) is 8.82. The first-order valence-corrected chi connectivity index (χ1v) is 8.51. The van der Waals surface area contributed by atoms with Crippen LogP contribution in [0.1, 0.15) is 37.3 Å². The largest absolute Gasteiger partial charge is 0.484 e. The van der Waals surface area contributed by atoms with Crippen molar-refractivity contribution < 1.29 is 9.53 Å². The van der Waals surface area contributed by atoms with E-state index in [-0.39, 0.29) is 12.5 Å². The molecule has 0 radical (unpaired) electrons. The molecule has 130 valence electrons. The number of ether oxygens (including phenoxy) is 1. The van der Waals surface area contributed by atoms with Gasteiger partial charge in [-0.25, -0.2) is 0 Å². The molecule has 2 aromatic rings. The van der Waals surface area contributed by atoms with Gasteiger partial charge in [0.2, 0.25) is 0 Å². The maximum atomic E-state index is 12.5. The number of hydrogen-bond donors (Lipinski definition) is 0. The van der Waals surface area contributed by atoms with Crippen molar-refractivity contribution in [2.45, 2.75) is 32.7 Å². The molecule has 0 aliphatic carbocycles. The summed E-state index contributed by atoms with van der Waals surface area (Å²) in [6.07, 6.45) is 0.307. The van der Waals surface area contributed by atoms with Gasteiger partial charge in [-0.3, -0.25) is 4.79 Å². The number of hydrogen-bond acceptors (Lipinski definition) is 3. The van der Waals surface area contributed by atoms with Crippen LogP contribution >= 0.6 is 0 Å². The summed E-state index contributed by atoms with van der Waals surface area (Å²) in [4.78, 5) is 14.2. The molecule has 1 amide bonds. The summed E-state index contributed by atoms with van der Waals surface area (Å²) in [6, 6.07) is 19.7. The Morgan fingerprint density at radius 1 is 1.12 bits per heavy atom. The van der Waals surface area contributed by atoms with Crippen LogP contribution in [0.2, 0.25) is 0 Å². The SMILES string of the molecule is CC(C)c1ccc(OCC(=O)N(CCC#N)Cc2ccccc2)cc1. The molecule has 4 nitrogen and oxygen atoms in total. The molecule has 25 heavy (non-hydrogen) atoms. The van der Waals surface area contributed by atoms with Crippen molar-refractivity contribution in [3.8, 4) is 11.8 Å². The third kappa shape index (κ3) is 5.96. The normalized spacial score (nSPS) is 10.3. The first kappa shape index (κ1) is 18.5. The van der Waals surface area contributed by atoms with E-state index in [0.717, 1.165) is 5.56 Å². The monoisotopic (exact) mass is 336 g/mol. The van der Waals surface area contributed by atoms with Crippen LogP contribution in [0.5, 0.6) is 5.75 Å². The van der Waals surface area contributed by atoms with Crippen LogP contribution in [0.15, 0.2) is 54.6 Å². The lowest BCUT2D eigenvalue weighted by atomic mass is 10.0. The Labute approximate surface area is 149 Å². The van der Waals surface area contributed by atoms with E-state index in [0.29, 0.717) is 31.2 Å². The maximum Gasteiger partial charge on any atom is 0.260 e. The third-order valence-corrected chi connectivity index (χ3v) is 3.97. The van der Waals surface area contributed by atoms with Crippen LogP contribution in [0.25, 0.3) is 0 Å². The van der Waals surface area contributed by atoms with E-state index in [1.54, 1.807) is 4.90 Å². The Hall–Kier alpha value is -2.80. The predicted molar refractivity (Wildman–Crippen MR) is 98.1 cm³/mol. The quantitative estimate of drug-likeness (QED) is 0.728. The first-order valence-electron chi connectivity index (χ1n) is 8.51. The topological polar surface area (TPSA) is 53.3 Å². The Morgan fingerprint density at radius 3 is 2.40 bits per heavy atom. The van der Waals surface area contributed by atoms with Crippen molar-refractivity contribution in [1.82, 2.24) is 4.90 Å². The molecule has 0 bridgehead atoms. The molecule has 2 rings (SSSR count). The fraction of sp³-hybridized carbons (Fsp3) is 0.333. The molecule has 0 N–H and O–H groups in total. The van der Waals surface area contributed by atoms with Crippen molar-refractivity contribution in [3.63, 3.8) is 0 Å². The summed E-state index contributed by atoms with van der Waals surface area (Å²) in [7, 11) is 0. The molecule has 0 atom stereocenters. The van der Waals surface area contributed by atoms with E-state index in [9.17, 15) is 4.79 Å². The molecule has 0 aromatic heterocycles. The zero-order chi connectivity index (χ0) is 18.1. The standard InChI is InChI=1S/C21H24N2O2/c1-17(2)19-9-11-20(12-10-19)25-16-21(24)23(14-6-13-22)15-18-7-4-3-5-8-18/h3-5,7-12,17H,6,14-16H2,1-2H3. The smallest absolute Gasteiger partial charge is 0.260 e. The fourth-order valence-corrected chi connectivity index (χ4v) is 2.47. The van der Waals surface area contributed by atoms with E-state index in [2.05, 4.69) is 19.9 Å². The minimum Gasteiger partial charge on any atom is -0.484 e. The molecule has 0 saturated carbocycles. The molecule has 4 heteroatoms. The summed E-state index contributed by atoms with van der Waals surface area (Å²) >= 11 is 0. The van der Waals surface area contributed by atoms with Crippen LogP contribution in [-0.4, -0.2) is 24.0 Å². The highest BCUT2D eigenvalue weighted by Crippen LogP contribution is 2.18. The Balaban J connectivity index is 1.95. The van der Waals surface area contributed by atoms with Gasteiger partial charge in [-0.05, 0) is 29.2 Å². The lowest BCUT2D eigenvalue weighted by Gasteiger charge is -2.22. The van der Waals surface area contributed by atoms with Crippen LogP contribution < -0.4 is 4.74 Å². The van der Waals surface area contributed by atoms with Gasteiger partial charge >= 0.3 is 0 Å². The highest BCUT2D eigenvalue weighted by Gasteiger charge is 2.14.